The van der Waals surface area contributed by atoms with Gasteiger partial charge in [-0.1, -0.05) is 67.4 Å². The highest BCUT2D eigenvalue weighted by atomic mass is 16.2. The summed E-state index contributed by atoms with van der Waals surface area (Å²) in [7, 11) is 0. The Hall–Kier alpha value is -3.05. The number of carbonyl (C=O) groups is 1. The molecule has 128 valence electrons. The number of terminal acetylenes is 1. The number of carbonyl (C=O) groups excluding carboxylic acids is 1. The van der Waals surface area contributed by atoms with Gasteiger partial charge in [0.25, 0.3) is 0 Å². The van der Waals surface area contributed by atoms with Crippen LogP contribution < -0.4 is 4.90 Å². The molecule has 3 aromatic rings. The number of aryl methyl sites for hydroxylation is 1. The Morgan fingerprint density at radius 1 is 1.08 bits per heavy atom. The van der Waals surface area contributed by atoms with Crippen molar-refractivity contribution in [3.05, 3.63) is 77.4 Å². The van der Waals surface area contributed by atoms with Crippen LogP contribution in [0, 0.1) is 12.3 Å². The zero-order valence-electron chi connectivity index (χ0n) is 14.9. The molecule has 0 radical (unpaired) electrons. The molecule has 1 amide bonds. The summed E-state index contributed by atoms with van der Waals surface area (Å²) in [6.45, 7) is 2.46. The Labute approximate surface area is 154 Å². The molecule has 4 rings (SSSR count). The average Bonchev–Trinajstić information content (AvgIpc) is 2.69. The van der Waals surface area contributed by atoms with Gasteiger partial charge >= 0.3 is 0 Å². The van der Waals surface area contributed by atoms with Gasteiger partial charge in [-0.3, -0.25) is 4.79 Å². The van der Waals surface area contributed by atoms with Crippen LogP contribution >= 0.6 is 0 Å². The fourth-order valence-corrected chi connectivity index (χ4v) is 3.94. The van der Waals surface area contributed by atoms with E-state index >= 15 is 0 Å². The zero-order chi connectivity index (χ0) is 18.1. The predicted molar refractivity (Wildman–Crippen MR) is 107 cm³/mol. The number of benzene rings is 3. The molecule has 0 spiro atoms. The first kappa shape index (κ1) is 16.4. The predicted octanol–water partition coefficient (Wildman–Crippen LogP) is 4.90. The van der Waals surface area contributed by atoms with Crippen molar-refractivity contribution >= 4 is 22.4 Å². The Balaban J connectivity index is 1.94. The topological polar surface area (TPSA) is 20.3 Å². The number of nitrogens with zero attached hydrogens (tertiary/aromatic N) is 1. The maximum absolute atomic E-state index is 12.8. The Morgan fingerprint density at radius 2 is 1.85 bits per heavy atom. The molecule has 0 aromatic heterocycles. The van der Waals surface area contributed by atoms with Gasteiger partial charge in [0.2, 0.25) is 5.91 Å². The highest BCUT2D eigenvalue weighted by Crippen LogP contribution is 2.43. The first-order chi connectivity index (χ1) is 12.7. The van der Waals surface area contributed by atoms with E-state index in [9.17, 15) is 4.79 Å². The maximum atomic E-state index is 12.8. The number of rotatable bonds is 3. The lowest BCUT2D eigenvalue weighted by Crippen LogP contribution is -2.37. The van der Waals surface area contributed by atoms with E-state index in [2.05, 4.69) is 61.4 Å². The van der Waals surface area contributed by atoms with Crippen molar-refractivity contribution in [2.45, 2.75) is 25.7 Å². The molecule has 0 fully saturated rings. The van der Waals surface area contributed by atoms with Crippen molar-refractivity contribution in [2.75, 3.05) is 11.4 Å². The summed E-state index contributed by atoms with van der Waals surface area (Å²) in [6.07, 6.45) is 6.99. The Kier molecular flexibility index (Phi) is 4.22. The van der Waals surface area contributed by atoms with Crippen LogP contribution in [0.4, 0.5) is 5.69 Å². The lowest BCUT2D eigenvalue weighted by molar-refractivity contribution is -0.119. The lowest BCUT2D eigenvalue weighted by atomic mass is 9.81. The van der Waals surface area contributed by atoms with Gasteiger partial charge in [-0.15, -0.1) is 6.42 Å². The zero-order valence-corrected chi connectivity index (χ0v) is 14.9. The van der Waals surface area contributed by atoms with E-state index in [-0.39, 0.29) is 11.8 Å². The first-order valence-corrected chi connectivity index (χ1v) is 9.07. The number of amides is 1. The fourth-order valence-electron chi connectivity index (χ4n) is 3.94. The molecular weight excluding hydrogens is 318 g/mol. The number of hydrogen-bond acceptors (Lipinski definition) is 1. The van der Waals surface area contributed by atoms with Crippen molar-refractivity contribution in [3.8, 4) is 12.3 Å². The van der Waals surface area contributed by atoms with E-state index in [1.165, 1.54) is 27.5 Å². The summed E-state index contributed by atoms with van der Waals surface area (Å²) in [4.78, 5) is 14.6. The average molecular weight is 339 g/mol. The molecule has 0 saturated carbocycles. The molecule has 26 heavy (non-hydrogen) atoms. The quantitative estimate of drug-likeness (QED) is 0.621. The molecule has 1 aliphatic rings. The van der Waals surface area contributed by atoms with Crippen molar-refractivity contribution < 1.29 is 4.79 Å². The van der Waals surface area contributed by atoms with Crippen LogP contribution in [-0.2, 0) is 11.2 Å². The normalized spacial score (nSPS) is 16.4. The summed E-state index contributed by atoms with van der Waals surface area (Å²) in [5, 5.41) is 2.39. The molecule has 2 nitrogen and oxygen atoms in total. The second-order valence-electron chi connectivity index (χ2n) is 6.76. The van der Waals surface area contributed by atoms with E-state index in [0.717, 1.165) is 12.1 Å². The molecule has 2 heteroatoms. The molecule has 1 atom stereocenters. The lowest BCUT2D eigenvalue weighted by Gasteiger charge is -2.34. The third kappa shape index (κ3) is 2.66. The van der Waals surface area contributed by atoms with Gasteiger partial charge in [-0.25, -0.2) is 0 Å². The summed E-state index contributed by atoms with van der Waals surface area (Å²) in [5.41, 5.74) is 4.65. The van der Waals surface area contributed by atoms with Crippen LogP contribution in [0.15, 0.2) is 60.7 Å². The second-order valence-corrected chi connectivity index (χ2v) is 6.76. The van der Waals surface area contributed by atoms with Crippen molar-refractivity contribution in [1.82, 2.24) is 0 Å². The fraction of sp³-hybridized carbons (Fsp3) is 0.208. The third-order valence-corrected chi connectivity index (χ3v) is 5.31. The van der Waals surface area contributed by atoms with Crippen LogP contribution in [0.25, 0.3) is 10.8 Å². The SMILES string of the molecule is C#CCN1C(=O)CC(c2ccc(CC)cc2)c2c1ccc1ccccc21. The van der Waals surface area contributed by atoms with Crippen LogP contribution in [0.5, 0.6) is 0 Å². The molecule has 0 bridgehead atoms. The standard InChI is InChI=1S/C24H21NO/c1-3-15-25-22-14-13-18-7-5-6-8-20(18)24(22)21(16-23(25)26)19-11-9-17(4-2)10-12-19/h1,5-14,21H,4,15-16H2,2H3. The van der Waals surface area contributed by atoms with Gasteiger partial charge in [0, 0.05) is 18.0 Å². The van der Waals surface area contributed by atoms with E-state index in [4.69, 9.17) is 6.42 Å². The van der Waals surface area contributed by atoms with Gasteiger partial charge in [0.15, 0.2) is 0 Å². The van der Waals surface area contributed by atoms with E-state index in [1.54, 1.807) is 4.90 Å². The summed E-state index contributed by atoms with van der Waals surface area (Å²) < 4.78 is 0. The van der Waals surface area contributed by atoms with Gasteiger partial charge in [0.05, 0.1) is 6.54 Å². The summed E-state index contributed by atoms with van der Waals surface area (Å²) in [5.74, 6) is 2.78. The minimum atomic E-state index is 0.0588. The van der Waals surface area contributed by atoms with Gasteiger partial charge in [-0.2, -0.15) is 0 Å². The van der Waals surface area contributed by atoms with E-state index in [1.807, 2.05) is 12.1 Å². The molecule has 1 unspecified atom stereocenters. The smallest absolute Gasteiger partial charge is 0.228 e. The Bertz CT molecular complexity index is 1010. The molecule has 0 N–H and O–H groups in total. The first-order valence-electron chi connectivity index (χ1n) is 9.07. The second kappa shape index (κ2) is 6.69. The molecule has 0 saturated heterocycles. The largest absolute Gasteiger partial charge is 0.300 e. The van der Waals surface area contributed by atoms with Crippen LogP contribution in [-0.4, -0.2) is 12.5 Å². The van der Waals surface area contributed by atoms with Gasteiger partial charge in [0.1, 0.15) is 0 Å². The molecular formula is C24H21NO. The van der Waals surface area contributed by atoms with Crippen molar-refractivity contribution in [1.29, 1.82) is 0 Å². The van der Waals surface area contributed by atoms with Crippen molar-refractivity contribution in [2.24, 2.45) is 0 Å². The Morgan fingerprint density at radius 3 is 2.58 bits per heavy atom. The molecule has 1 aliphatic heterocycles. The number of fused-ring (bicyclic) bond motifs is 3. The van der Waals surface area contributed by atoms with Crippen LogP contribution in [0.2, 0.25) is 0 Å². The van der Waals surface area contributed by atoms with Crippen LogP contribution in [0.3, 0.4) is 0 Å². The molecule has 0 aliphatic carbocycles. The minimum Gasteiger partial charge on any atom is -0.300 e. The third-order valence-electron chi connectivity index (χ3n) is 5.31. The highest BCUT2D eigenvalue weighted by molar-refractivity contribution is 6.03. The maximum Gasteiger partial charge on any atom is 0.228 e. The molecule has 1 heterocycles. The number of hydrogen-bond donors (Lipinski definition) is 0. The van der Waals surface area contributed by atoms with Gasteiger partial charge in [-0.05, 0) is 39.9 Å². The summed E-state index contributed by atoms with van der Waals surface area (Å²) in [6, 6.07) is 21.2. The van der Waals surface area contributed by atoms with Crippen molar-refractivity contribution in [3.63, 3.8) is 0 Å². The van der Waals surface area contributed by atoms with E-state index in [0.29, 0.717) is 13.0 Å². The molecule has 3 aromatic carbocycles. The highest BCUT2D eigenvalue weighted by Gasteiger charge is 2.33. The van der Waals surface area contributed by atoms with E-state index < -0.39 is 0 Å². The van der Waals surface area contributed by atoms with Crippen LogP contribution in [0.1, 0.15) is 36.0 Å². The monoisotopic (exact) mass is 339 g/mol. The number of anilines is 1. The van der Waals surface area contributed by atoms with Gasteiger partial charge < -0.3 is 4.90 Å². The minimum absolute atomic E-state index is 0.0588. The summed E-state index contributed by atoms with van der Waals surface area (Å²) >= 11 is 0.